The number of hydrogen-bond acceptors (Lipinski definition) is 3. The maximum Gasteiger partial charge on any atom is 0.123 e. The van der Waals surface area contributed by atoms with E-state index in [1.54, 1.807) is 24.5 Å². The molecule has 0 bridgehead atoms. The molecule has 15 heavy (non-hydrogen) atoms. The Hall–Kier alpha value is -2.10. The Morgan fingerprint density at radius 3 is 2.33 bits per heavy atom. The maximum atomic E-state index is 12.6. The quantitative estimate of drug-likeness (QED) is 0.753. The van der Waals surface area contributed by atoms with E-state index in [1.807, 2.05) is 12.1 Å². The first-order valence-electron chi connectivity index (χ1n) is 4.52. The van der Waals surface area contributed by atoms with Crippen LogP contribution in [0.25, 0.3) is 0 Å². The SMILES string of the molecule is Fc1ccc(NNc2cccnc2)cc1. The molecule has 0 aliphatic carbocycles. The van der Waals surface area contributed by atoms with Crippen LogP contribution in [0.5, 0.6) is 0 Å². The van der Waals surface area contributed by atoms with Gasteiger partial charge in [0.05, 0.1) is 17.6 Å². The Balaban J connectivity index is 1.96. The normalized spacial score (nSPS) is 9.67. The fourth-order valence-corrected chi connectivity index (χ4v) is 1.11. The van der Waals surface area contributed by atoms with E-state index >= 15 is 0 Å². The summed E-state index contributed by atoms with van der Waals surface area (Å²) in [7, 11) is 0. The number of rotatable bonds is 3. The number of nitrogens with zero attached hydrogens (tertiary/aromatic N) is 1. The molecular weight excluding hydrogens is 193 g/mol. The van der Waals surface area contributed by atoms with Crippen molar-refractivity contribution in [1.29, 1.82) is 0 Å². The average Bonchev–Trinajstić information content (AvgIpc) is 2.30. The lowest BCUT2D eigenvalue weighted by Crippen LogP contribution is -2.08. The van der Waals surface area contributed by atoms with Gasteiger partial charge in [-0.25, -0.2) is 4.39 Å². The maximum absolute atomic E-state index is 12.6. The minimum absolute atomic E-state index is 0.248. The van der Waals surface area contributed by atoms with Crippen LogP contribution in [0, 0.1) is 5.82 Å². The second kappa shape index (κ2) is 4.41. The van der Waals surface area contributed by atoms with Gasteiger partial charge in [0, 0.05) is 6.20 Å². The Labute approximate surface area is 86.9 Å². The van der Waals surface area contributed by atoms with Gasteiger partial charge in [-0.05, 0) is 36.4 Å². The summed E-state index contributed by atoms with van der Waals surface area (Å²) in [5.41, 5.74) is 7.52. The number of aromatic nitrogens is 1. The zero-order valence-corrected chi connectivity index (χ0v) is 7.94. The van der Waals surface area contributed by atoms with Gasteiger partial charge in [-0.15, -0.1) is 0 Å². The van der Waals surface area contributed by atoms with Crippen LogP contribution in [0.15, 0.2) is 48.8 Å². The number of hydrazine groups is 1. The molecule has 0 aliphatic rings. The number of benzene rings is 1. The Morgan fingerprint density at radius 1 is 0.933 bits per heavy atom. The molecule has 0 aliphatic heterocycles. The van der Waals surface area contributed by atoms with Crippen LogP contribution in [-0.2, 0) is 0 Å². The molecule has 1 heterocycles. The van der Waals surface area contributed by atoms with Crippen LogP contribution in [0.2, 0.25) is 0 Å². The van der Waals surface area contributed by atoms with E-state index in [0.717, 1.165) is 11.4 Å². The molecule has 2 N–H and O–H groups in total. The smallest absolute Gasteiger partial charge is 0.123 e. The van der Waals surface area contributed by atoms with E-state index in [4.69, 9.17) is 0 Å². The van der Waals surface area contributed by atoms with Crippen molar-refractivity contribution in [3.8, 4) is 0 Å². The van der Waals surface area contributed by atoms with Gasteiger partial charge in [-0.1, -0.05) is 0 Å². The highest BCUT2D eigenvalue weighted by atomic mass is 19.1. The number of pyridine rings is 1. The van der Waals surface area contributed by atoms with Crippen molar-refractivity contribution in [3.63, 3.8) is 0 Å². The highest BCUT2D eigenvalue weighted by Gasteiger charge is 1.92. The molecule has 0 radical (unpaired) electrons. The van der Waals surface area contributed by atoms with E-state index in [-0.39, 0.29) is 5.82 Å². The van der Waals surface area contributed by atoms with Crippen molar-refractivity contribution in [2.24, 2.45) is 0 Å². The second-order valence-electron chi connectivity index (χ2n) is 3.00. The number of halogens is 1. The number of hydrogen-bond donors (Lipinski definition) is 2. The van der Waals surface area contributed by atoms with Gasteiger partial charge < -0.3 is 5.43 Å². The third-order valence-corrected chi connectivity index (χ3v) is 1.86. The first kappa shape index (κ1) is 9.45. The summed E-state index contributed by atoms with van der Waals surface area (Å²) < 4.78 is 12.6. The highest BCUT2D eigenvalue weighted by Crippen LogP contribution is 2.09. The molecule has 0 fully saturated rings. The van der Waals surface area contributed by atoms with Gasteiger partial charge in [0.1, 0.15) is 5.82 Å². The van der Waals surface area contributed by atoms with Gasteiger partial charge in [0.15, 0.2) is 0 Å². The summed E-state index contributed by atoms with van der Waals surface area (Å²) >= 11 is 0. The van der Waals surface area contributed by atoms with Crippen LogP contribution in [0.4, 0.5) is 15.8 Å². The largest absolute Gasteiger partial charge is 0.301 e. The summed E-state index contributed by atoms with van der Waals surface area (Å²) in [6, 6.07) is 9.80. The van der Waals surface area contributed by atoms with Crippen LogP contribution in [0.3, 0.4) is 0 Å². The Bertz CT molecular complexity index is 414. The third kappa shape index (κ3) is 2.67. The zero-order chi connectivity index (χ0) is 10.5. The zero-order valence-electron chi connectivity index (χ0n) is 7.94. The first-order chi connectivity index (χ1) is 7.34. The lowest BCUT2D eigenvalue weighted by molar-refractivity contribution is 0.628. The van der Waals surface area contributed by atoms with Crippen LogP contribution in [0.1, 0.15) is 0 Å². The molecule has 3 nitrogen and oxygen atoms in total. The number of nitrogens with one attached hydrogen (secondary N) is 2. The van der Waals surface area contributed by atoms with Crippen molar-refractivity contribution >= 4 is 11.4 Å². The van der Waals surface area contributed by atoms with E-state index in [0.29, 0.717) is 0 Å². The Morgan fingerprint density at radius 2 is 1.67 bits per heavy atom. The summed E-state index contributed by atoms with van der Waals surface area (Å²) in [5.74, 6) is -0.248. The Kier molecular flexibility index (Phi) is 2.78. The average molecular weight is 203 g/mol. The molecule has 0 saturated heterocycles. The van der Waals surface area contributed by atoms with E-state index in [1.165, 1.54) is 12.1 Å². The first-order valence-corrected chi connectivity index (χ1v) is 4.52. The van der Waals surface area contributed by atoms with Crippen LogP contribution >= 0.6 is 0 Å². The summed E-state index contributed by atoms with van der Waals surface area (Å²) in [6.45, 7) is 0. The summed E-state index contributed by atoms with van der Waals surface area (Å²) in [6.07, 6.45) is 3.39. The molecule has 1 aromatic heterocycles. The lowest BCUT2D eigenvalue weighted by Gasteiger charge is -2.08. The van der Waals surface area contributed by atoms with Crippen molar-refractivity contribution < 1.29 is 4.39 Å². The molecule has 0 amide bonds. The summed E-state index contributed by atoms with van der Waals surface area (Å²) in [5, 5.41) is 0. The summed E-state index contributed by atoms with van der Waals surface area (Å²) in [4.78, 5) is 3.95. The minimum Gasteiger partial charge on any atom is -0.301 e. The number of anilines is 2. The van der Waals surface area contributed by atoms with Crippen molar-refractivity contribution in [1.82, 2.24) is 4.98 Å². The van der Waals surface area contributed by atoms with E-state index in [2.05, 4.69) is 15.8 Å². The highest BCUT2D eigenvalue weighted by molar-refractivity contribution is 5.50. The topological polar surface area (TPSA) is 37.0 Å². The lowest BCUT2D eigenvalue weighted by atomic mass is 10.3. The van der Waals surface area contributed by atoms with Gasteiger partial charge >= 0.3 is 0 Å². The van der Waals surface area contributed by atoms with Crippen LogP contribution in [-0.4, -0.2) is 4.98 Å². The molecule has 1 aromatic carbocycles. The van der Waals surface area contributed by atoms with Gasteiger partial charge in [-0.2, -0.15) is 0 Å². The van der Waals surface area contributed by atoms with Crippen molar-refractivity contribution in [3.05, 3.63) is 54.6 Å². The molecule has 0 saturated carbocycles. The molecular formula is C11H10FN3. The molecule has 4 heteroatoms. The minimum atomic E-state index is -0.248. The van der Waals surface area contributed by atoms with Crippen molar-refractivity contribution in [2.75, 3.05) is 10.9 Å². The standard InChI is InChI=1S/C11H10FN3/c12-9-3-5-10(6-4-9)14-15-11-2-1-7-13-8-11/h1-8,14-15H. The predicted octanol–water partition coefficient (Wildman–Crippen LogP) is 2.66. The van der Waals surface area contributed by atoms with E-state index in [9.17, 15) is 4.39 Å². The molecule has 0 unspecified atom stereocenters. The second-order valence-corrected chi connectivity index (χ2v) is 3.00. The van der Waals surface area contributed by atoms with Gasteiger partial charge in [0.25, 0.3) is 0 Å². The van der Waals surface area contributed by atoms with E-state index < -0.39 is 0 Å². The van der Waals surface area contributed by atoms with Gasteiger partial charge in [0.2, 0.25) is 0 Å². The molecule has 76 valence electrons. The fourth-order valence-electron chi connectivity index (χ4n) is 1.11. The monoisotopic (exact) mass is 203 g/mol. The van der Waals surface area contributed by atoms with Crippen LogP contribution < -0.4 is 10.9 Å². The third-order valence-electron chi connectivity index (χ3n) is 1.86. The van der Waals surface area contributed by atoms with Crippen molar-refractivity contribution in [2.45, 2.75) is 0 Å². The molecule has 2 aromatic rings. The molecule has 2 rings (SSSR count). The predicted molar refractivity (Wildman–Crippen MR) is 57.9 cm³/mol. The molecule has 0 atom stereocenters. The molecule has 0 spiro atoms. The fraction of sp³-hybridized carbons (Fsp3) is 0. The van der Waals surface area contributed by atoms with Gasteiger partial charge in [-0.3, -0.25) is 10.4 Å².